The van der Waals surface area contributed by atoms with Crippen LogP contribution in [-0.4, -0.2) is 91.2 Å². The third-order valence-electron chi connectivity index (χ3n) is 10.3. The summed E-state index contributed by atoms with van der Waals surface area (Å²) >= 11 is 6.15. The molecule has 13 heteroatoms. The monoisotopic (exact) mass is 676 g/mol. The second-order valence-corrected chi connectivity index (χ2v) is 13.5. The number of piperidine rings is 1. The SMILES string of the molecule is C=CC(=O)Nc1cc(Nc2cc(N3OCC[C@@H]3c3cc(F)cc(Cl)c3)ncn2)c(OC)cc1N1CCC(N2C[C@H]3CCN(C)[C@H]3C2)CC1. The molecule has 1 aromatic heterocycles. The van der Waals surface area contributed by atoms with Gasteiger partial charge < -0.3 is 25.2 Å². The summed E-state index contributed by atoms with van der Waals surface area (Å²) in [5, 5.41) is 8.33. The number of carbonyl (C=O) groups excluding carboxylic acids is 1. The van der Waals surface area contributed by atoms with Crippen LogP contribution in [0.2, 0.25) is 5.02 Å². The summed E-state index contributed by atoms with van der Waals surface area (Å²) in [5.74, 6) is 1.68. The number of hydroxylamine groups is 1. The van der Waals surface area contributed by atoms with Crippen LogP contribution < -0.4 is 25.3 Å². The minimum Gasteiger partial charge on any atom is -0.494 e. The average molecular weight is 677 g/mol. The van der Waals surface area contributed by atoms with Crippen LogP contribution in [0.1, 0.15) is 37.3 Å². The van der Waals surface area contributed by atoms with Gasteiger partial charge in [-0.05, 0) is 74.7 Å². The third kappa shape index (κ3) is 6.67. The highest BCUT2D eigenvalue weighted by Crippen LogP contribution is 2.41. The van der Waals surface area contributed by atoms with Crippen molar-refractivity contribution in [2.75, 3.05) is 74.1 Å². The molecular weight excluding hydrogens is 635 g/mol. The quantitative estimate of drug-likeness (QED) is 0.278. The number of amides is 1. The van der Waals surface area contributed by atoms with Crippen molar-refractivity contribution in [3.8, 4) is 5.75 Å². The van der Waals surface area contributed by atoms with Gasteiger partial charge in [-0.2, -0.15) is 0 Å². The highest BCUT2D eigenvalue weighted by molar-refractivity contribution is 6.30. The van der Waals surface area contributed by atoms with Gasteiger partial charge in [-0.25, -0.2) is 19.4 Å². The minimum absolute atomic E-state index is 0.272. The maximum absolute atomic E-state index is 14.2. The number of fused-ring (bicyclic) bond motifs is 1. The van der Waals surface area contributed by atoms with Gasteiger partial charge in [-0.1, -0.05) is 18.2 Å². The Labute approximate surface area is 285 Å². The molecule has 4 aliphatic rings. The van der Waals surface area contributed by atoms with Gasteiger partial charge in [0.2, 0.25) is 5.91 Å². The van der Waals surface area contributed by atoms with Crippen molar-refractivity contribution in [2.45, 2.75) is 43.8 Å². The highest BCUT2D eigenvalue weighted by Gasteiger charge is 2.42. The van der Waals surface area contributed by atoms with Crippen molar-refractivity contribution in [1.82, 2.24) is 19.8 Å². The second kappa shape index (κ2) is 13.9. The Morgan fingerprint density at radius 3 is 2.65 bits per heavy atom. The Morgan fingerprint density at radius 2 is 1.90 bits per heavy atom. The molecule has 0 unspecified atom stereocenters. The van der Waals surface area contributed by atoms with E-state index in [2.05, 4.69) is 48.9 Å². The van der Waals surface area contributed by atoms with Crippen LogP contribution in [0.25, 0.3) is 0 Å². The molecule has 3 aromatic rings. The summed E-state index contributed by atoms with van der Waals surface area (Å²) in [6, 6.07) is 11.0. The van der Waals surface area contributed by atoms with Crippen LogP contribution in [0.15, 0.2) is 55.4 Å². The zero-order chi connectivity index (χ0) is 33.4. The van der Waals surface area contributed by atoms with Gasteiger partial charge in [0, 0.05) is 61.8 Å². The summed E-state index contributed by atoms with van der Waals surface area (Å²) in [6.07, 6.45) is 6.77. The number of ether oxygens (including phenoxy) is 1. The molecule has 0 aliphatic carbocycles. The van der Waals surface area contributed by atoms with Gasteiger partial charge >= 0.3 is 0 Å². The summed E-state index contributed by atoms with van der Waals surface area (Å²) in [7, 11) is 3.88. The number of hydrogen-bond acceptors (Lipinski definition) is 10. The van der Waals surface area contributed by atoms with Crippen molar-refractivity contribution >= 4 is 46.2 Å². The smallest absolute Gasteiger partial charge is 0.247 e. The molecule has 1 amide bonds. The lowest BCUT2D eigenvalue weighted by Crippen LogP contribution is -2.45. The first-order chi connectivity index (χ1) is 23.3. The van der Waals surface area contributed by atoms with E-state index in [-0.39, 0.29) is 11.9 Å². The summed E-state index contributed by atoms with van der Waals surface area (Å²) in [5.41, 5.74) is 2.86. The molecule has 11 nitrogen and oxygen atoms in total. The maximum atomic E-state index is 14.2. The molecule has 5 heterocycles. The molecule has 4 aliphatic heterocycles. The van der Waals surface area contributed by atoms with Crippen LogP contribution >= 0.6 is 11.6 Å². The highest BCUT2D eigenvalue weighted by atomic mass is 35.5. The largest absolute Gasteiger partial charge is 0.494 e. The lowest BCUT2D eigenvalue weighted by atomic mass is 10.0. The van der Waals surface area contributed by atoms with E-state index in [9.17, 15) is 9.18 Å². The second-order valence-electron chi connectivity index (χ2n) is 13.1. The van der Waals surface area contributed by atoms with Gasteiger partial charge in [0.15, 0.2) is 5.82 Å². The van der Waals surface area contributed by atoms with Gasteiger partial charge in [-0.15, -0.1) is 0 Å². The fourth-order valence-corrected chi connectivity index (χ4v) is 8.03. The zero-order valence-electron chi connectivity index (χ0n) is 27.4. The predicted molar refractivity (Wildman–Crippen MR) is 186 cm³/mol. The predicted octanol–water partition coefficient (Wildman–Crippen LogP) is 5.63. The number of hydrogen-bond donors (Lipinski definition) is 2. The number of methoxy groups -OCH3 is 1. The molecule has 254 valence electrons. The fourth-order valence-electron chi connectivity index (χ4n) is 7.80. The number of likely N-dealkylation sites (N-methyl/N-ethyl adjacent to an activating group) is 1. The molecule has 0 radical (unpaired) electrons. The maximum Gasteiger partial charge on any atom is 0.247 e. The molecule has 3 atom stereocenters. The van der Waals surface area contributed by atoms with Crippen molar-refractivity contribution in [3.63, 3.8) is 0 Å². The standard InChI is InChI=1S/C35H42ClFN8O3/c1-4-35(46)41-27-16-28(40-33-18-34(39-21-38-33)45-29(8-12-48-45)23-13-24(36)15-25(37)14-23)32(47-3)17-30(27)43-10-6-26(7-11-43)44-19-22-5-9-42(2)31(22)20-44/h4,13-18,21-22,26,29,31H,1,5-12,19-20H2,2-3H3,(H,41,46)(H,38,39,40)/t22-,29-,31+/m1/s1. The van der Waals surface area contributed by atoms with Crippen LogP contribution in [0.4, 0.5) is 33.1 Å². The summed E-state index contributed by atoms with van der Waals surface area (Å²) in [6.45, 7) is 9.43. The first-order valence-electron chi connectivity index (χ1n) is 16.6. The molecule has 2 N–H and O–H groups in total. The van der Waals surface area contributed by atoms with Crippen LogP contribution in [0.5, 0.6) is 5.75 Å². The van der Waals surface area contributed by atoms with Gasteiger partial charge in [-0.3, -0.25) is 14.5 Å². The Bertz CT molecular complexity index is 1650. The van der Waals surface area contributed by atoms with E-state index in [1.807, 2.05) is 12.1 Å². The van der Waals surface area contributed by atoms with Gasteiger partial charge in [0.25, 0.3) is 0 Å². The Kier molecular flexibility index (Phi) is 9.41. The van der Waals surface area contributed by atoms with E-state index >= 15 is 0 Å². The number of nitrogens with zero attached hydrogens (tertiary/aromatic N) is 6. The Hall–Kier alpha value is -3.97. The number of aromatic nitrogens is 2. The average Bonchev–Trinajstić information content (AvgIpc) is 3.83. The molecule has 48 heavy (non-hydrogen) atoms. The van der Waals surface area contributed by atoms with E-state index in [0.29, 0.717) is 64.5 Å². The number of nitrogens with one attached hydrogen (secondary N) is 2. The van der Waals surface area contributed by atoms with Crippen LogP contribution in [0.3, 0.4) is 0 Å². The van der Waals surface area contributed by atoms with E-state index < -0.39 is 5.82 Å². The number of benzene rings is 2. The van der Waals surface area contributed by atoms with Crippen LogP contribution in [-0.2, 0) is 9.63 Å². The third-order valence-corrected chi connectivity index (χ3v) is 10.5. The van der Waals surface area contributed by atoms with E-state index in [4.69, 9.17) is 21.2 Å². The molecule has 0 bridgehead atoms. The van der Waals surface area contributed by atoms with E-state index in [1.54, 1.807) is 24.3 Å². The summed E-state index contributed by atoms with van der Waals surface area (Å²) < 4.78 is 20.0. The van der Waals surface area contributed by atoms with Crippen molar-refractivity contribution in [1.29, 1.82) is 0 Å². The number of anilines is 5. The molecule has 2 aromatic carbocycles. The first-order valence-corrected chi connectivity index (χ1v) is 17.0. The van der Waals surface area contributed by atoms with Crippen LogP contribution in [0, 0.1) is 11.7 Å². The molecule has 0 saturated carbocycles. The van der Waals surface area contributed by atoms with Gasteiger partial charge in [0.1, 0.15) is 23.7 Å². The number of likely N-dealkylation sites (tertiary alicyclic amines) is 2. The minimum atomic E-state index is -0.407. The Balaban J connectivity index is 1.10. The number of carbonyl (C=O) groups is 1. The van der Waals surface area contributed by atoms with Gasteiger partial charge in [0.05, 0.1) is 36.8 Å². The zero-order valence-corrected chi connectivity index (χ0v) is 28.1. The number of halogens is 2. The van der Waals surface area contributed by atoms with Crippen molar-refractivity contribution in [2.24, 2.45) is 5.92 Å². The summed E-state index contributed by atoms with van der Waals surface area (Å²) in [4.78, 5) is 34.9. The van der Waals surface area contributed by atoms with E-state index in [1.165, 1.54) is 44.0 Å². The van der Waals surface area contributed by atoms with E-state index in [0.717, 1.165) is 44.1 Å². The fraction of sp³-hybridized carbons (Fsp3) is 0.457. The lowest BCUT2D eigenvalue weighted by molar-refractivity contribution is -0.111. The molecular formula is C35H42ClFN8O3. The normalized spacial score (nSPS) is 23.4. The molecule has 0 spiro atoms. The van der Waals surface area contributed by atoms with Crippen molar-refractivity contribution < 1.29 is 18.8 Å². The topological polar surface area (TPSA) is 98.3 Å². The Morgan fingerprint density at radius 1 is 1.06 bits per heavy atom. The number of rotatable bonds is 9. The first kappa shape index (κ1) is 32.6. The molecule has 4 saturated heterocycles. The molecule has 7 rings (SSSR count). The van der Waals surface area contributed by atoms with Crippen molar-refractivity contribution in [3.05, 3.63) is 71.8 Å². The lowest BCUT2D eigenvalue weighted by Gasteiger charge is -2.39. The molecule has 4 fully saturated rings.